The zero-order valence-corrected chi connectivity index (χ0v) is 5.88. The summed E-state index contributed by atoms with van der Waals surface area (Å²) in [6.45, 7) is 0. The maximum Gasteiger partial charge on any atom is 0 e. The first kappa shape index (κ1) is 6.91. The Hall–Kier alpha value is -0.0917. The molecule has 0 saturated carbocycles. The van der Waals surface area contributed by atoms with Crippen LogP contribution in [0.4, 0.5) is 0 Å². The van der Waals surface area contributed by atoms with Crippen molar-refractivity contribution in [1.82, 2.24) is 0 Å². The molecule has 0 nitrogen and oxygen atoms in total. The molecule has 0 aliphatic heterocycles. The minimum absolute atomic E-state index is 0. The van der Waals surface area contributed by atoms with Gasteiger partial charge in [0.25, 0.3) is 0 Å². The Morgan fingerprint density at radius 3 is 0.714 bits per heavy atom. The van der Waals surface area contributed by atoms with E-state index in [4.69, 9.17) is 0 Å². The van der Waals surface area contributed by atoms with Gasteiger partial charge in [0.2, 0.25) is 0 Å². The van der Waals surface area contributed by atoms with Gasteiger partial charge in [-0.05, 0) is 0 Å². The molecule has 1 aromatic rings. The van der Waals surface area contributed by atoms with Gasteiger partial charge >= 0.3 is 0 Å². The van der Waals surface area contributed by atoms with Gasteiger partial charge in [0.15, 0.2) is 0 Å². The standard InChI is InChI=1S/C6H6.Mo/c1-2-4-6-5-3-1;/h1-6H;. The summed E-state index contributed by atoms with van der Waals surface area (Å²) in [5.74, 6) is 0. The van der Waals surface area contributed by atoms with Crippen molar-refractivity contribution in [3.8, 4) is 0 Å². The summed E-state index contributed by atoms with van der Waals surface area (Å²) < 4.78 is 0. The zero-order chi connectivity index (χ0) is 4.24. The van der Waals surface area contributed by atoms with Crippen molar-refractivity contribution >= 4 is 0 Å². The van der Waals surface area contributed by atoms with Crippen molar-refractivity contribution < 1.29 is 21.1 Å². The van der Waals surface area contributed by atoms with Gasteiger partial charge in [0, 0.05) is 21.1 Å². The molecule has 0 radical (unpaired) electrons. The molecule has 0 fully saturated rings. The molecule has 0 unspecified atom stereocenters. The molecule has 7 heavy (non-hydrogen) atoms. The molecule has 0 bridgehead atoms. The minimum atomic E-state index is 0. The van der Waals surface area contributed by atoms with Crippen molar-refractivity contribution in [3.05, 3.63) is 36.4 Å². The summed E-state index contributed by atoms with van der Waals surface area (Å²) in [5.41, 5.74) is 0. The largest absolute Gasteiger partial charge is 0.0623 e. The number of hydrogen-bond donors (Lipinski definition) is 0. The molecule has 0 atom stereocenters. The first-order valence-corrected chi connectivity index (χ1v) is 2.00. The van der Waals surface area contributed by atoms with Crippen molar-refractivity contribution in [1.29, 1.82) is 0 Å². The smallest absolute Gasteiger partial charge is 0 e. The Morgan fingerprint density at radius 2 is 0.571 bits per heavy atom. The molecular formula is C6H6Mo. The van der Waals surface area contributed by atoms with Gasteiger partial charge in [-0.15, -0.1) is 0 Å². The number of benzene rings is 1. The molecule has 0 aliphatic rings. The van der Waals surface area contributed by atoms with Crippen LogP contribution in [0.2, 0.25) is 0 Å². The molecule has 0 N–H and O–H groups in total. The Kier molecular flexibility index (Phi) is 4.02. The van der Waals surface area contributed by atoms with Crippen LogP contribution in [0.25, 0.3) is 0 Å². The third-order valence-corrected chi connectivity index (χ3v) is 0.667. The Morgan fingerprint density at radius 1 is 0.429 bits per heavy atom. The van der Waals surface area contributed by atoms with Crippen LogP contribution in [-0.4, -0.2) is 0 Å². The summed E-state index contributed by atoms with van der Waals surface area (Å²) in [4.78, 5) is 0. The number of hydrogen-bond acceptors (Lipinski definition) is 0. The summed E-state index contributed by atoms with van der Waals surface area (Å²) in [5, 5.41) is 0. The fraction of sp³-hybridized carbons (Fsp3) is 0. The van der Waals surface area contributed by atoms with Crippen LogP contribution in [0.5, 0.6) is 0 Å². The third kappa shape index (κ3) is 2.59. The van der Waals surface area contributed by atoms with Crippen LogP contribution in [0.1, 0.15) is 0 Å². The van der Waals surface area contributed by atoms with Gasteiger partial charge in [-0.3, -0.25) is 0 Å². The molecule has 36 valence electrons. The van der Waals surface area contributed by atoms with Gasteiger partial charge in [-0.1, -0.05) is 36.4 Å². The normalized spacial score (nSPS) is 6.86. The monoisotopic (exact) mass is 176 g/mol. The molecule has 0 aromatic heterocycles. The van der Waals surface area contributed by atoms with Crippen LogP contribution >= 0.6 is 0 Å². The summed E-state index contributed by atoms with van der Waals surface area (Å²) in [6.07, 6.45) is 0. The Labute approximate surface area is 57.8 Å². The van der Waals surface area contributed by atoms with Crippen molar-refractivity contribution in [2.45, 2.75) is 0 Å². The molecule has 0 saturated heterocycles. The van der Waals surface area contributed by atoms with Crippen LogP contribution < -0.4 is 0 Å². The van der Waals surface area contributed by atoms with Crippen molar-refractivity contribution in [2.24, 2.45) is 0 Å². The predicted molar refractivity (Wildman–Crippen MR) is 26.4 cm³/mol. The van der Waals surface area contributed by atoms with Crippen LogP contribution in [0, 0.1) is 0 Å². The van der Waals surface area contributed by atoms with Crippen LogP contribution in [0.15, 0.2) is 36.4 Å². The molecule has 0 aliphatic carbocycles. The van der Waals surface area contributed by atoms with E-state index in [1.165, 1.54) is 0 Å². The van der Waals surface area contributed by atoms with E-state index < -0.39 is 0 Å². The SMILES string of the molecule is [Mo].c1ccccc1. The fourth-order valence-electron chi connectivity index (χ4n) is 0.385. The van der Waals surface area contributed by atoms with Gasteiger partial charge in [0.1, 0.15) is 0 Å². The fourth-order valence-corrected chi connectivity index (χ4v) is 0.385. The minimum Gasteiger partial charge on any atom is -0.0623 e. The second-order valence-corrected chi connectivity index (χ2v) is 1.15. The van der Waals surface area contributed by atoms with E-state index in [-0.39, 0.29) is 21.1 Å². The van der Waals surface area contributed by atoms with E-state index in [0.29, 0.717) is 0 Å². The molecule has 1 aromatic carbocycles. The van der Waals surface area contributed by atoms with E-state index in [2.05, 4.69) is 0 Å². The molecule has 0 amide bonds. The van der Waals surface area contributed by atoms with E-state index in [9.17, 15) is 0 Å². The average molecular weight is 174 g/mol. The quantitative estimate of drug-likeness (QED) is 0.525. The summed E-state index contributed by atoms with van der Waals surface area (Å²) >= 11 is 0. The van der Waals surface area contributed by atoms with Crippen LogP contribution in [-0.2, 0) is 21.1 Å². The first-order chi connectivity index (χ1) is 3.00. The van der Waals surface area contributed by atoms with Gasteiger partial charge in [0.05, 0.1) is 0 Å². The van der Waals surface area contributed by atoms with E-state index in [0.717, 1.165) is 0 Å². The van der Waals surface area contributed by atoms with Gasteiger partial charge in [-0.25, -0.2) is 0 Å². The second kappa shape index (κ2) is 4.08. The topological polar surface area (TPSA) is 0 Å². The van der Waals surface area contributed by atoms with E-state index in [1.54, 1.807) is 0 Å². The maximum absolute atomic E-state index is 2.00. The maximum atomic E-state index is 2.00. The molecule has 0 spiro atoms. The third-order valence-electron chi connectivity index (χ3n) is 0.667. The summed E-state index contributed by atoms with van der Waals surface area (Å²) in [7, 11) is 0. The van der Waals surface area contributed by atoms with Crippen LogP contribution in [0.3, 0.4) is 0 Å². The molecule has 1 rings (SSSR count). The first-order valence-electron chi connectivity index (χ1n) is 2.00. The van der Waals surface area contributed by atoms with Crippen molar-refractivity contribution in [2.75, 3.05) is 0 Å². The van der Waals surface area contributed by atoms with E-state index in [1.807, 2.05) is 36.4 Å². The van der Waals surface area contributed by atoms with E-state index >= 15 is 0 Å². The zero-order valence-electron chi connectivity index (χ0n) is 3.87. The molecule has 1 heteroatoms. The Bertz CT molecular complexity index is 76.1. The predicted octanol–water partition coefficient (Wildman–Crippen LogP) is 1.68. The molecule has 0 heterocycles. The average Bonchev–Trinajstić information content (AvgIpc) is 1.72. The molecular weight excluding hydrogens is 168 g/mol. The van der Waals surface area contributed by atoms with Gasteiger partial charge < -0.3 is 0 Å². The number of rotatable bonds is 0. The summed E-state index contributed by atoms with van der Waals surface area (Å²) in [6, 6.07) is 12.0. The Balaban J connectivity index is 0.000000360. The van der Waals surface area contributed by atoms with Crippen molar-refractivity contribution in [3.63, 3.8) is 0 Å². The second-order valence-electron chi connectivity index (χ2n) is 1.15. The van der Waals surface area contributed by atoms with Gasteiger partial charge in [-0.2, -0.15) is 0 Å².